The molecule has 1 aliphatic rings. The van der Waals surface area contributed by atoms with Crippen LogP contribution in [0.3, 0.4) is 0 Å². The Labute approximate surface area is 184 Å². The molecule has 0 spiro atoms. The largest absolute Gasteiger partial charge is 0.337 e. The van der Waals surface area contributed by atoms with E-state index in [4.69, 9.17) is 34.8 Å². The molecule has 1 saturated heterocycles. The molecule has 0 bridgehead atoms. The van der Waals surface area contributed by atoms with Gasteiger partial charge in [-0.15, -0.1) is 0 Å². The van der Waals surface area contributed by atoms with E-state index in [1.54, 1.807) is 41.3 Å². The fourth-order valence-corrected chi connectivity index (χ4v) is 3.72. The van der Waals surface area contributed by atoms with Crippen LogP contribution in [-0.4, -0.2) is 54.3 Å². The van der Waals surface area contributed by atoms with Gasteiger partial charge in [-0.1, -0.05) is 53.0 Å². The predicted octanol–water partition coefficient (Wildman–Crippen LogP) is 4.44. The van der Waals surface area contributed by atoms with Crippen molar-refractivity contribution in [2.24, 2.45) is 0 Å². The minimum atomic E-state index is -0.133. The Morgan fingerprint density at radius 2 is 1.52 bits per heavy atom. The monoisotopic (exact) mass is 451 g/mol. The van der Waals surface area contributed by atoms with Crippen molar-refractivity contribution >= 4 is 58.4 Å². The molecule has 0 atom stereocenters. The molecule has 8 heteroatoms. The number of carbonyl (C=O) groups excluding carboxylic acids is 2. The van der Waals surface area contributed by atoms with Crippen LogP contribution in [-0.2, 0) is 9.59 Å². The molecule has 0 aromatic heterocycles. The second-order valence-corrected chi connectivity index (χ2v) is 7.82. The number of hydrogen-bond donors (Lipinski definition) is 1. The van der Waals surface area contributed by atoms with Gasteiger partial charge in [0.25, 0.3) is 0 Å². The van der Waals surface area contributed by atoms with Crippen LogP contribution in [0.5, 0.6) is 0 Å². The van der Waals surface area contributed by atoms with Crippen LogP contribution in [0.15, 0.2) is 48.5 Å². The minimum Gasteiger partial charge on any atom is -0.337 e. The summed E-state index contributed by atoms with van der Waals surface area (Å²) in [6.45, 7) is 2.56. The van der Waals surface area contributed by atoms with Crippen molar-refractivity contribution in [2.75, 3.05) is 38.0 Å². The highest BCUT2D eigenvalue weighted by atomic mass is 35.5. The lowest BCUT2D eigenvalue weighted by atomic mass is 10.2. The fraction of sp³-hybridized carbons (Fsp3) is 0.238. The molecule has 1 heterocycles. The van der Waals surface area contributed by atoms with Crippen LogP contribution >= 0.6 is 34.8 Å². The average molecular weight is 453 g/mol. The van der Waals surface area contributed by atoms with E-state index in [-0.39, 0.29) is 18.4 Å². The summed E-state index contributed by atoms with van der Waals surface area (Å²) >= 11 is 18.3. The Morgan fingerprint density at radius 1 is 0.897 bits per heavy atom. The van der Waals surface area contributed by atoms with Crippen molar-refractivity contribution in [3.05, 3.63) is 69.2 Å². The molecule has 152 valence electrons. The number of amides is 2. The quantitative estimate of drug-likeness (QED) is 0.682. The average Bonchev–Trinajstić information content (AvgIpc) is 2.70. The topological polar surface area (TPSA) is 52.7 Å². The van der Waals surface area contributed by atoms with Crippen LogP contribution in [0, 0.1) is 0 Å². The van der Waals surface area contributed by atoms with Crippen LogP contribution in [0.2, 0.25) is 15.1 Å². The summed E-state index contributed by atoms with van der Waals surface area (Å²) in [7, 11) is 0. The molecule has 5 nitrogen and oxygen atoms in total. The lowest BCUT2D eigenvalue weighted by Crippen LogP contribution is -2.50. The molecule has 0 aliphatic carbocycles. The Bertz CT molecular complexity index is 905. The molecule has 2 aromatic carbocycles. The summed E-state index contributed by atoms with van der Waals surface area (Å²) < 4.78 is 0. The van der Waals surface area contributed by atoms with Gasteiger partial charge in [0.15, 0.2) is 0 Å². The summed E-state index contributed by atoms with van der Waals surface area (Å²) in [6, 6.07) is 12.3. The van der Waals surface area contributed by atoms with Crippen molar-refractivity contribution in [3.63, 3.8) is 0 Å². The van der Waals surface area contributed by atoms with E-state index in [2.05, 4.69) is 5.32 Å². The van der Waals surface area contributed by atoms with Gasteiger partial charge in [0.05, 0.1) is 17.3 Å². The number of rotatable bonds is 5. The van der Waals surface area contributed by atoms with E-state index >= 15 is 0 Å². The van der Waals surface area contributed by atoms with Crippen LogP contribution in [0.1, 0.15) is 5.56 Å². The van der Waals surface area contributed by atoms with Crippen LogP contribution in [0.25, 0.3) is 6.08 Å². The molecule has 1 fully saturated rings. The first-order chi connectivity index (χ1) is 13.9. The summed E-state index contributed by atoms with van der Waals surface area (Å²) in [6.07, 6.45) is 3.11. The number of nitrogens with zero attached hydrogens (tertiary/aromatic N) is 2. The highest BCUT2D eigenvalue weighted by molar-refractivity contribution is 6.37. The number of para-hydroxylation sites is 1. The number of anilines is 1. The number of hydrogen-bond acceptors (Lipinski definition) is 3. The van der Waals surface area contributed by atoms with Crippen molar-refractivity contribution in [3.8, 4) is 0 Å². The molecule has 2 amide bonds. The van der Waals surface area contributed by atoms with Gasteiger partial charge in [0.2, 0.25) is 11.8 Å². The zero-order chi connectivity index (χ0) is 20.8. The van der Waals surface area contributed by atoms with E-state index in [0.717, 1.165) is 0 Å². The zero-order valence-electron chi connectivity index (χ0n) is 15.6. The molecule has 0 saturated carbocycles. The SMILES string of the molecule is O=C(CN1CCN(C(=O)C=Cc2c(Cl)cccc2Cl)CC1)Nc1ccccc1Cl. The predicted molar refractivity (Wildman–Crippen MR) is 119 cm³/mol. The molecule has 29 heavy (non-hydrogen) atoms. The molecule has 1 N–H and O–H groups in total. The number of piperazine rings is 1. The zero-order valence-corrected chi connectivity index (χ0v) is 17.8. The van der Waals surface area contributed by atoms with Crippen molar-refractivity contribution in [1.82, 2.24) is 9.80 Å². The first-order valence-corrected chi connectivity index (χ1v) is 10.2. The summed E-state index contributed by atoms with van der Waals surface area (Å²) in [5.74, 6) is -0.243. The van der Waals surface area contributed by atoms with Gasteiger partial charge in [0, 0.05) is 47.9 Å². The lowest BCUT2D eigenvalue weighted by Gasteiger charge is -2.33. The van der Waals surface area contributed by atoms with Crippen molar-refractivity contribution in [1.29, 1.82) is 0 Å². The molecule has 2 aromatic rings. The first-order valence-electron chi connectivity index (χ1n) is 9.12. The van der Waals surface area contributed by atoms with E-state index in [1.807, 2.05) is 17.0 Å². The first kappa shape index (κ1) is 21.7. The highest BCUT2D eigenvalue weighted by Gasteiger charge is 2.21. The van der Waals surface area contributed by atoms with Gasteiger partial charge in [-0.3, -0.25) is 14.5 Å². The van der Waals surface area contributed by atoms with Crippen molar-refractivity contribution in [2.45, 2.75) is 0 Å². The van der Waals surface area contributed by atoms with Gasteiger partial charge in [0.1, 0.15) is 0 Å². The third-order valence-corrected chi connectivity index (χ3v) is 5.58. The third kappa shape index (κ3) is 5.97. The molecular weight excluding hydrogens is 433 g/mol. The molecular formula is C21H20Cl3N3O2. The van der Waals surface area contributed by atoms with Gasteiger partial charge in [-0.2, -0.15) is 0 Å². The van der Waals surface area contributed by atoms with Gasteiger partial charge >= 0.3 is 0 Å². The van der Waals surface area contributed by atoms with E-state index in [9.17, 15) is 9.59 Å². The summed E-state index contributed by atoms with van der Waals surface area (Å²) in [5, 5.41) is 4.31. The van der Waals surface area contributed by atoms with E-state index in [0.29, 0.717) is 52.5 Å². The molecule has 3 rings (SSSR count). The summed E-state index contributed by atoms with van der Waals surface area (Å²) in [4.78, 5) is 28.4. The maximum absolute atomic E-state index is 12.4. The maximum atomic E-state index is 12.4. The van der Waals surface area contributed by atoms with Gasteiger partial charge in [-0.05, 0) is 30.3 Å². The molecule has 1 aliphatic heterocycles. The number of nitrogens with one attached hydrogen (secondary N) is 1. The maximum Gasteiger partial charge on any atom is 0.246 e. The number of carbonyl (C=O) groups is 2. The Morgan fingerprint density at radius 3 is 2.17 bits per heavy atom. The number of halogens is 3. The summed E-state index contributed by atoms with van der Waals surface area (Å²) in [5.41, 5.74) is 1.22. The Balaban J connectivity index is 1.48. The third-order valence-electron chi connectivity index (χ3n) is 4.59. The standard InChI is InChI=1S/C21H20Cl3N3O2/c22-16-5-3-6-17(23)15(16)8-9-21(29)27-12-10-26(11-13-27)14-20(28)25-19-7-2-1-4-18(19)24/h1-9H,10-14H2,(H,25,28). The Kier molecular flexibility index (Phi) is 7.56. The van der Waals surface area contributed by atoms with Gasteiger partial charge < -0.3 is 10.2 Å². The fourth-order valence-electron chi connectivity index (χ4n) is 3.01. The second-order valence-electron chi connectivity index (χ2n) is 6.60. The molecule has 0 radical (unpaired) electrons. The lowest BCUT2D eigenvalue weighted by molar-refractivity contribution is -0.127. The molecule has 0 unspecified atom stereocenters. The van der Waals surface area contributed by atoms with E-state index in [1.165, 1.54) is 6.08 Å². The number of benzene rings is 2. The minimum absolute atomic E-state index is 0.110. The van der Waals surface area contributed by atoms with Crippen molar-refractivity contribution < 1.29 is 9.59 Å². The second kappa shape index (κ2) is 10.1. The highest BCUT2D eigenvalue weighted by Crippen LogP contribution is 2.25. The van der Waals surface area contributed by atoms with E-state index < -0.39 is 0 Å². The van der Waals surface area contributed by atoms with Crippen LogP contribution < -0.4 is 5.32 Å². The van der Waals surface area contributed by atoms with Crippen LogP contribution in [0.4, 0.5) is 5.69 Å². The normalized spacial score (nSPS) is 14.9. The Hall–Kier alpha value is -2.05. The van der Waals surface area contributed by atoms with Gasteiger partial charge in [-0.25, -0.2) is 0 Å². The smallest absolute Gasteiger partial charge is 0.246 e.